The number of hydrogen-bond acceptors (Lipinski definition) is 3. The summed E-state index contributed by atoms with van der Waals surface area (Å²) in [4.78, 5) is 2.60. The minimum atomic E-state index is 0.514. The highest BCUT2D eigenvalue weighted by Gasteiger charge is 2.29. The zero-order valence-corrected chi connectivity index (χ0v) is 10.7. The highest BCUT2D eigenvalue weighted by molar-refractivity contribution is 4.88. The van der Waals surface area contributed by atoms with Crippen LogP contribution >= 0.6 is 0 Å². The molecule has 2 rings (SSSR count). The summed E-state index contributed by atoms with van der Waals surface area (Å²) < 4.78 is 5.30. The summed E-state index contributed by atoms with van der Waals surface area (Å²) in [5.41, 5.74) is 0. The largest absolute Gasteiger partial charge is 0.381 e. The van der Waals surface area contributed by atoms with Gasteiger partial charge in [-0.15, -0.1) is 0 Å². The van der Waals surface area contributed by atoms with Crippen LogP contribution in [0.5, 0.6) is 0 Å². The van der Waals surface area contributed by atoms with Crippen molar-refractivity contribution in [2.75, 3.05) is 26.7 Å². The maximum atomic E-state index is 5.30. The van der Waals surface area contributed by atoms with E-state index < -0.39 is 0 Å². The fraction of sp³-hybridized carbons (Fsp3) is 1.00. The first kappa shape index (κ1) is 12.3. The maximum Gasteiger partial charge on any atom is 0.0601 e. The van der Waals surface area contributed by atoms with E-state index in [0.29, 0.717) is 18.2 Å². The standard InChI is InChI=1S/C13H26N2O/c1-11(10-15-6-4-3-5-7-15)14-12-8-13(9-12)16-2/h11-14H,3-10H2,1-2H3. The summed E-state index contributed by atoms with van der Waals surface area (Å²) in [6.45, 7) is 6.14. The van der Waals surface area contributed by atoms with E-state index in [4.69, 9.17) is 4.74 Å². The molecule has 1 unspecified atom stereocenters. The van der Waals surface area contributed by atoms with Crippen molar-refractivity contribution >= 4 is 0 Å². The Morgan fingerprint density at radius 2 is 1.94 bits per heavy atom. The highest BCUT2D eigenvalue weighted by Crippen LogP contribution is 2.23. The fourth-order valence-electron chi connectivity index (χ4n) is 2.88. The second kappa shape index (κ2) is 5.99. The van der Waals surface area contributed by atoms with Gasteiger partial charge in [0.2, 0.25) is 0 Å². The van der Waals surface area contributed by atoms with Crippen LogP contribution < -0.4 is 5.32 Å². The Balaban J connectivity index is 1.59. The van der Waals surface area contributed by atoms with E-state index >= 15 is 0 Å². The fourth-order valence-corrected chi connectivity index (χ4v) is 2.88. The summed E-state index contributed by atoms with van der Waals surface area (Å²) in [6, 6.07) is 1.32. The third-order valence-electron chi connectivity index (χ3n) is 3.93. The van der Waals surface area contributed by atoms with Gasteiger partial charge in [-0.25, -0.2) is 0 Å². The normalized spacial score (nSPS) is 33.4. The number of nitrogens with zero attached hydrogens (tertiary/aromatic N) is 1. The van der Waals surface area contributed by atoms with Crippen LogP contribution in [-0.2, 0) is 4.74 Å². The first-order valence-corrected chi connectivity index (χ1v) is 6.79. The van der Waals surface area contributed by atoms with Gasteiger partial charge in [-0.2, -0.15) is 0 Å². The van der Waals surface area contributed by atoms with Crippen molar-refractivity contribution in [2.45, 2.75) is 57.2 Å². The summed E-state index contributed by atoms with van der Waals surface area (Å²) >= 11 is 0. The van der Waals surface area contributed by atoms with Crippen molar-refractivity contribution < 1.29 is 4.74 Å². The van der Waals surface area contributed by atoms with E-state index in [1.54, 1.807) is 0 Å². The topological polar surface area (TPSA) is 24.5 Å². The Bertz CT molecular complexity index is 198. The van der Waals surface area contributed by atoms with Crippen LogP contribution in [0.15, 0.2) is 0 Å². The molecule has 0 aromatic heterocycles. The lowest BCUT2D eigenvalue weighted by Gasteiger charge is -2.38. The quantitative estimate of drug-likeness (QED) is 0.771. The van der Waals surface area contributed by atoms with Gasteiger partial charge in [0.1, 0.15) is 0 Å². The predicted octanol–water partition coefficient (Wildman–Crippen LogP) is 1.63. The van der Waals surface area contributed by atoms with Gasteiger partial charge >= 0.3 is 0 Å². The molecule has 16 heavy (non-hydrogen) atoms. The van der Waals surface area contributed by atoms with Gasteiger partial charge in [0.05, 0.1) is 6.10 Å². The molecular weight excluding hydrogens is 200 g/mol. The zero-order chi connectivity index (χ0) is 11.4. The molecule has 3 nitrogen and oxygen atoms in total. The van der Waals surface area contributed by atoms with E-state index in [2.05, 4.69) is 17.1 Å². The number of hydrogen-bond donors (Lipinski definition) is 1. The van der Waals surface area contributed by atoms with Gasteiger partial charge in [-0.3, -0.25) is 0 Å². The molecule has 1 heterocycles. The van der Waals surface area contributed by atoms with Crippen LogP contribution in [0.3, 0.4) is 0 Å². The molecule has 1 aliphatic carbocycles. The lowest BCUT2D eigenvalue weighted by atomic mass is 9.88. The Morgan fingerprint density at radius 3 is 2.56 bits per heavy atom. The molecule has 0 radical (unpaired) electrons. The molecule has 1 aliphatic heterocycles. The summed E-state index contributed by atoms with van der Waals surface area (Å²) in [5.74, 6) is 0. The molecule has 94 valence electrons. The van der Waals surface area contributed by atoms with Gasteiger partial charge in [0.25, 0.3) is 0 Å². The van der Waals surface area contributed by atoms with Crippen LogP contribution in [0.1, 0.15) is 39.0 Å². The van der Waals surface area contributed by atoms with Gasteiger partial charge in [0.15, 0.2) is 0 Å². The van der Waals surface area contributed by atoms with Crippen molar-refractivity contribution in [3.8, 4) is 0 Å². The van der Waals surface area contributed by atoms with E-state index in [1.807, 2.05) is 7.11 Å². The molecule has 0 spiro atoms. The van der Waals surface area contributed by atoms with E-state index in [9.17, 15) is 0 Å². The number of ether oxygens (including phenoxy) is 1. The zero-order valence-electron chi connectivity index (χ0n) is 10.7. The van der Waals surface area contributed by atoms with Crippen LogP contribution in [-0.4, -0.2) is 49.8 Å². The Morgan fingerprint density at radius 1 is 1.25 bits per heavy atom. The maximum absolute atomic E-state index is 5.30. The Kier molecular flexibility index (Phi) is 4.62. The third kappa shape index (κ3) is 3.44. The molecule has 2 aliphatic rings. The van der Waals surface area contributed by atoms with Gasteiger partial charge in [-0.1, -0.05) is 6.42 Å². The van der Waals surface area contributed by atoms with Crippen LogP contribution in [0.2, 0.25) is 0 Å². The first-order chi connectivity index (χ1) is 7.78. The van der Waals surface area contributed by atoms with Crippen LogP contribution in [0, 0.1) is 0 Å². The molecule has 2 fully saturated rings. The molecule has 0 aromatic carbocycles. The number of methoxy groups -OCH3 is 1. The Hall–Kier alpha value is -0.120. The second-order valence-corrected chi connectivity index (χ2v) is 5.46. The minimum absolute atomic E-state index is 0.514. The van der Waals surface area contributed by atoms with Crippen molar-refractivity contribution in [3.63, 3.8) is 0 Å². The molecule has 3 heteroatoms. The average Bonchev–Trinajstić information content (AvgIpc) is 2.24. The average molecular weight is 226 g/mol. The first-order valence-electron chi connectivity index (χ1n) is 6.79. The van der Waals surface area contributed by atoms with Gasteiger partial charge in [0, 0.05) is 25.7 Å². The van der Waals surface area contributed by atoms with Crippen molar-refractivity contribution in [2.24, 2.45) is 0 Å². The molecule has 0 aromatic rings. The lowest BCUT2D eigenvalue weighted by molar-refractivity contribution is 0.0133. The van der Waals surface area contributed by atoms with Gasteiger partial charge in [-0.05, 0) is 45.7 Å². The lowest BCUT2D eigenvalue weighted by Crippen LogP contribution is -2.51. The number of rotatable bonds is 5. The monoisotopic (exact) mass is 226 g/mol. The molecule has 0 amide bonds. The minimum Gasteiger partial charge on any atom is -0.381 e. The van der Waals surface area contributed by atoms with Crippen LogP contribution in [0.4, 0.5) is 0 Å². The van der Waals surface area contributed by atoms with Crippen molar-refractivity contribution in [3.05, 3.63) is 0 Å². The summed E-state index contributed by atoms with van der Waals surface area (Å²) in [7, 11) is 1.82. The van der Waals surface area contributed by atoms with Crippen LogP contribution in [0.25, 0.3) is 0 Å². The number of piperidine rings is 1. The van der Waals surface area contributed by atoms with E-state index in [-0.39, 0.29) is 0 Å². The van der Waals surface area contributed by atoms with Crippen molar-refractivity contribution in [1.82, 2.24) is 10.2 Å². The van der Waals surface area contributed by atoms with Crippen molar-refractivity contribution in [1.29, 1.82) is 0 Å². The molecule has 1 atom stereocenters. The molecule has 1 saturated heterocycles. The molecular formula is C13H26N2O. The smallest absolute Gasteiger partial charge is 0.0601 e. The summed E-state index contributed by atoms with van der Waals surface area (Å²) in [5, 5.41) is 3.71. The van der Waals surface area contributed by atoms with E-state index in [0.717, 1.165) is 0 Å². The van der Waals surface area contributed by atoms with E-state index in [1.165, 1.54) is 51.7 Å². The molecule has 1 saturated carbocycles. The highest BCUT2D eigenvalue weighted by atomic mass is 16.5. The third-order valence-corrected chi connectivity index (χ3v) is 3.93. The van der Waals surface area contributed by atoms with Gasteiger partial charge < -0.3 is 15.0 Å². The number of nitrogens with one attached hydrogen (secondary N) is 1. The SMILES string of the molecule is COC1CC(NC(C)CN2CCCCC2)C1. The second-order valence-electron chi connectivity index (χ2n) is 5.46. The summed E-state index contributed by atoms with van der Waals surface area (Å²) in [6.07, 6.45) is 7.11. The predicted molar refractivity (Wildman–Crippen MR) is 66.7 cm³/mol. The Labute approximate surface area is 99.5 Å². The number of likely N-dealkylation sites (tertiary alicyclic amines) is 1. The molecule has 1 N–H and O–H groups in total. The molecule has 0 bridgehead atoms.